The fourth-order valence-corrected chi connectivity index (χ4v) is 3.03. The number of nitrogens with zero attached hydrogens (tertiary/aromatic N) is 2. The molecule has 1 amide bonds. The number of ether oxygens (including phenoxy) is 1. The van der Waals surface area contributed by atoms with E-state index < -0.39 is 5.60 Å². The minimum atomic E-state index is -0.487. The van der Waals surface area contributed by atoms with E-state index in [9.17, 15) is 4.79 Å². The summed E-state index contributed by atoms with van der Waals surface area (Å²) in [6.07, 6.45) is 2.46. The Morgan fingerprint density at radius 3 is 2.53 bits per heavy atom. The van der Waals surface area contributed by atoms with E-state index in [4.69, 9.17) is 4.74 Å². The van der Waals surface area contributed by atoms with Gasteiger partial charge in [0.05, 0.1) is 11.3 Å². The van der Waals surface area contributed by atoms with E-state index in [1.54, 1.807) is 18.0 Å². The average Bonchev–Trinajstić information content (AvgIpc) is 3.14. The minimum absolute atomic E-state index is 0.156. The number of methoxy groups -OCH3 is 1. The summed E-state index contributed by atoms with van der Waals surface area (Å²) in [4.78, 5) is 12.9. The van der Waals surface area contributed by atoms with Gasteiger partial charge in [0.2, 0.25) is 0 Å². The molecule has 0 unspecified atom stereocenters. The van der Waals surface area contributed by atoms with Crippen molar-refractivity contribution in [1.29, 1.82) is 0 Å². The number of hydrogen-bond acceptors (Lipinski definition) is 3. The third kappa shape index (κ3) is 4.97. The molecule has 0 fully saturated rings. The van der Waals surface area contributed by atoms with Crippen molar-refractivity contribution in [3.05, 3.63) is 71.5 Å². The highest BCUT2D eigenvalue weighted by atomic mass is 16.5. The van der Waals surface area contributed by atoms with E-state index in [0.29, 0.717) is 12.0 Å². The zero-order chi connectivity index (χ0) is 21.7. The van der Waals surface area contributed by atoms with Crippen LogP contribution in [0.15, 0.2) is 54.7 Å². The van der Waals surface area contributed by atoms with Gasteiger partial charge in [-0.15, -0.1) is 0 Å². The number of amides is 1. The highest BCUT2D eigenvalue weighted by Gasteiger charge is 2.16. The maximum atomic E-state index is 12.9. The molecular weight excluding hydrogens is 374 g/mol. The van der Waals surface area contributed by atoms with E-state index in [1.165, 1.54) is 0 Å². The quantitative estimate of drug-likeness (QED) is 0.632. The number of nitrogens with one attached hydrogen (secondary N) is 1. The summed E-state index contributed by atoms with van der Waals surface area (Å²) in [5.41, 5.74) is 4.52. The van der Waals surface area contributed by atoms with Crippen LogP contribution in [0.2, 0.25) is 0 Å². The second-order valence-corrected chi connectivity index (χ2v) is 7.56. The van der Waals surface area contributed by atoms with Crippen LogP contribution in [0.1, 0.15) is 42.4 Å². The normalized spacial score (nSPS) is 11.0. The Bertz CT molecular complexity index is 1100. The van der Waals surface area contributed by atoms with Gasteiger partial charge in [-0.2, -0.15) is 5.10 Å². The van der Waals surface area contributed by atoms with Crippen LogP contribution in [0.3, 0.4) is 0 Å². The first-order chi connectivity index (χ1) is 14.3. The molecule has 1 aromatic heterocycles. The average molecular weight is 402 g/mol. The van der Waals surface area contributed by atoms with Crippen molar-refractivity contribution >= 4 is 11.6 Å². The van der Waals surface area contributed by atoms with Crippen molar-refractivity contribution in [3.63, 3.8) is 0 Å². The standard InChI is InChI=1S/C25H27N3O2/c1-6-22-21(17-28(4)27-22)24(29)26-23-10-8-7-9-20(23)19-13-11-18(12-14-19)15-16-25(2,3)30-5/h7-14,17H,6H2,1-5H3,(H,26,29). The third-order valence-corrected chi connectivity index (χ3v) is 4.87. The molecule has 0 aliphatic rings. The van der Waals surface area contributed by atoms with Gasteiger partial charge in [-0.05, 0) is 44.0 Å². The van der Waals surface area contributed by atoms with Crippen molar-refractivity contribution in [2.45, 2.75) is 32.8 Å². The van der Waals surface area contributed by atoms with Crippen LogP contribution in [0.5, 0.6) is 0 Å². The fourth-order valence-electron chi connectivity index (χ4n) is 3.03. The molecule has 0 aliphatic carbocycles. The minimum Gasteiger partial charge on any atom is -0.366 e. The van der Waals surface area contributed by atoms with Gasteiger partial charge in [-0.25, -0.2) is 0 Å². The van der Waals surface area contributed by atoms with Crippen LogP contribution in [0.4, 0.5) is 5.69 Å². The van der Waals surface area contributed by atoms with Crippen molar-refractivity contribution in [2.75, 3.05) is 12.4 Å². The molecule has 1 N–H and O–H groups in total. The summed E-state index contributed by atoms with van der Waals surface area (Å²) in [5, 5.41) is 7.40. The van der Waals surface area contributed by atoms with Gasteiger partial charge >= 0.3 is 0 Å². The smallest absolute Gasteiger partial charge is 0.259 e. The Balaban J connectivity index is 1.86. The number of hydrogen-bond donors (Lipinski definition) is 1. The van der Waals surface area contributed by atoms with Gasteiger partial charge in [0, 0.05) is 37.2 Å². The van der Waals surface area contributed by atoms with Gasteiger partial charge in [0.25, 0.3) is 5.91 Å². The zero-order valence-corrected chi connectivity index (χ0v) is 18.1. The Hall–Kier alpha value is -3.36. The molecule has 1 heterocycles. The predicted octanol–water partition coefficient (Wildman–Crippen LogP) is 4.68. The largest absolute Gasteiger partial charge is 0.366 e. The number of carbonyl (C=O) groups is 1. The first kappa shape index (κ1) is 21.4. The van der Waals surface area contributed by atoms with Crippen molar-refractivity contribution < 1.29 is 9.53 Å². The monoisotopic (exact) mass is 401 g/mol. The van der Waals surface area contributed by atoms with Gasteiger partial charge in [0.1, 0.15) is 5.60 Å². The molecule has 3 rings (SSSR count). The summed E-state index contributed by atoms with van der Waals surface area (Å²) in [7, 11) is 3.47. The number of anilines is 1. The summed E-state index contributed by atoms with van der Waals surface area (Å²) >= 11 is 0. The van der Waals surface area contributed by atoms with Crippen LogP contribution in [-0.2, 0) is 18.2 Å². The molecular formula is C25H27N3O2. The zero-order valence-electron chi connectivity index (χ0n) is 18.1. The van der Waals surface area contributed by atoms with E-state index in [0.717, 1.165) is 28.1 Å². The number of rotatable bonds is 5. The Morgan fingerprint density at radius 1 is 1.17 bits per heavy atom. The lowest BCUT2D eigenvalue weighted by molar-refractivity contribution is 0.0741. The second-order valence-electron chi connectivity index (χ2n) is 7.56. The van der Waals surface area contributed by atoms with Crippen LogP contribution < -0.4 is 5.32 Å². The maximum Gasteiger partial charge on any atom is 0.259 e. The molecule has 0 saturated carbocycles. The Kier molecular flexibility index (Phi) is 6.39. The molecule has 3 aromatic rings. The first-order valence-corrected chi connectivity index (χ1v) is 9.94. The molecule has 2 aromatic carbocycles. The predicted molar refractivity (Wildman–Crippen MR) is 120 cm³/mol. The highest BCUT2D eigenvalue weighted by molar-refractivity contribution is 6.06. The summed E-state index contributed by atoms with van der Waals surface area (Å²) < 4.78 is 7.01. The van der Waals surface area contributed by atoms with Crippen molar-refractivity contribution in [1.82, 2.24) is 9.78 Å². The van der Waals surface area contributed by atoms with Gasteiger partial charge < -0.3 is 10.1 Å². The third-order valence-electron chi connectivity index (χ3n) is 4.87. The summed E-state index contributed by atoms with van der Waals surface area (Å²) in [5.74, 6) is 6.10. The first-order valence-electron chi connectivity index (χ1n) is 9.94. The van der Waals surface area contributed by atoms with E-state index >= 15 is 0 Å². The Morgan fingerprint density at radius 2 is 1.87 bits per heavy atom. The number of benzene rings is 2. The fraction of sp³-hybridized carbons (Fsp3) is 0.280. The van der Waals surface area contributed by atoms with E-state index in [2.05, 4.69) is 22.3 Å². The van der Waals surface area contributed by atoms with Crippen molar-refractivity contribution in [3.8, 4) is 23.0 Å². The maximum absolute atomic E-state index is 12.9. The molecule has 0 spiro atoms. The molecule has 0 saturated heterocycles. The molecule has 0 atom stereocenters. The van der Waals surface area contributed by atoms with Crippen LogP contribution in [0, 0.1) is 11.8 Å². The summed E-state index contributed by atoms with van der Waals surface area (Å²) in [6.45, 7) is 5.85. The number of aryl methyl sites for hydroxylation is 2. The second kappa shape index (κ2) is 8.98. The van der Waals surface area contributed by atoms with Crippen LogP contribution >= 0.6 is 0 Å². The number of carbonyl (C=O) groups excluding carboxylic acids is 1. The van der Waals surface area contributed by atoms with Crippen molar-refractivity contribution in [2.24, 2.45) is 7.05 Å². The molecule has 5 nitrogen and oxygen atoms in total. The molecule has 154 valence electrons. The molecule has 0 aliphatic heterocycles. The topological polar surface area (TPSA) is 56.2 Å². The highest BCUT2D eigenvalue weighted by Crippen LogP contribution is 2.28. The van der Waals surface area contributed by atoms with Crippen LogP contribution in [-0.4, -0.2) is 28.4 Å². The van der Waals surface area contributed by atoms with Gasteiger partial charge in [0.15, 0.2) is 0 Å². The molecule has 30 heavy (non-hydrogen) atoms. The SMILES string of the molecule is CCc1nn(C)cc1C(=O)Nc1ccccc1-c1ccc(C#CC(C)(C)OC)cc1. The molecule has 0 radical (unpaired) electrons. The molecule has 5 heteroatoms. The van der Waals surface area contributed by atoms with Crippen LogP contribution in [0.25, 0.3) is 11.1 Å². The number of para-hydroxylation sites is 1. The lowest BCUT2D eigenvalue weighted by Crippen LogP contribution is -2.19. The van der Waals surface area contributed by atoms with Gasteiger partial charge in [-0.1, -0.05) is 49.1 Å². The van der Waals surface area contributed by atoms with Gasteiger partial charge in [-0.3, -0.25) is 9.48 Å². The molecule has 0 bridgehead atoms. The number of aromatic nitrogens is 2. The lowest BCUT2D eigenvalue weighted by Gasteiger charge is -2.14. The summed E-state index contributed by atoms with van der Waals surface area (Å²) in [6, 6.07) is 15.7. The van der Waals surface area contributed by atoms with E-state index in [1.807, 2.05) is 76.3 Å². The lowest BCUT2D eigenvalue weighted by atomic mass is 10.0. The van der Waals surface area contributed by atoms with E-state index in [-0.39, 0.29) is 5.91 Å². The Labute approximate surface area is 178 Å².